The highest BCUT2D eigenvalue weighted by atomic mass is 16.2. The predicted molar refractivity (Wildman–Crippen MR) is 75.2 cm³/mol. The summed E-state index contributed by atoms with van der Waals surface area (Å²) in [5, 5.41) is 8.41. The van der Waals surface area contributed by atoms with Crippen LogP contribution in [0.25, 0.3) is 0 Å². The molecule has 2 aromatic heterocycles. The molecule has 0 spiro atoms. The van der Waals surface area contributed by atoms with Crippen molar-refractivity contribution in [2.75, 3.05) is 6.54 Å². The van der Waals surface area contributed by atoms with Crippen molar-refractivity contribution in [2.24, 2.45) is 0 Å². The van der Waals surface area contributed by atoms with Gasteiger partial charge in [-0.05, 0) is 19.9 Å². The molecule has 0 aromatic carbocycles. The molecule has 0 aliphatic heterocycles. The van der Waals surface area contributed by atoms with Gasteiger partial charge in [-0.1, -0.05) is 0 Å². The Bertz CT molecular complexity index is 758. The maximum atomic E-state index is 11.9. The number of carbonyl (C=O) groups excluding carboxylic acids is 1. The van der Waals surface area contributed by atoms with Crippen LogP contribution >= 0.6 is 0 Å². The molecule has 0 aliphatic rings. The molecule has 0 fully saturated rings. The van der Waals surface area contributed by atoms with Crippen molar-refractivity contribution >= 4 is 5.91 Å². The van der Waals surface area contributed by atoms with Crippen molar-refractivity contribution in [2.45, 2.75) is 20.4 Å². The summed E-state index contributed by atoms with van der Waals surface area (Å²) in [6.07, 6.45) is 1.45. The Hall–Kier alpha value is -2.77. The summed E-state index contributed by atoms with van der Waals surface area (Å²) in [5.74, 6) is -0.420. The molecule has 8 heteroatoms. The first-order valence-corrected chi connectivity index (χ1v) is 6.35. The van der Waals surface area contributed by atoms with E-state index in [9.17, 15) is 14.4 Å². The second kappa shape index (κ2) is 6.12. The summed E-state index contributed by atoms with van der Waals surface area (Å²) in [6.45, 7) is 4.04. The van der Waals surface area contributed by atoms with Gasteiger partial charge in [0.25, 0.3) is 17.0 Å². The molecule has 0 unspecified atom stereocenters. The van der Waals surface area contributed by atoms with Gasteiger partial charge in [-0.2, -0.15) is 5.10 Å². The van der Waals surface area contributed by atoms with Crippen molar-refractivity contribution < 1.29 is 4.79 Å². The van der Waals surface area contributed by atoms with Crippen molar-refractivity contribution in [3.63, 3.8) is 0 Å². The van der Waals surface area contributed by atoms with Gasteiger partial charge in [-0.25, -0.2) is 10.1 Å². The van der Waals surface area contributed by atoms with E-state index in [1.165, 1.54) is 23.0 Å². The molecule has 2 rings (SSSR count). The number of nitrogens with one attached hydrogen (secondary N) is 2. The maximum Gasteiger partial charge on any atom is 0.271 e. The summed E-state index contributed by atoms with van der Waals surface area (Å²) in [7, 11) is 0. The lowest BCUT2D eigenvalue weighted by Crippen LogP contribution is -2.32. The van der Waals surface area contributed by atoms with Crippen LogP contribution in [0.1, 0.15) is 21.7 Å². The van der Waals surface area contributed by atoms with E-state index in [4.69, 9.17) is 0 Å². The van der Waals surface area contributed by atoms with Gasteiger partial charge in [0.1, 0.15) is 5.69 Å². The molecule has 2 N–H and O–H groups in total. The first-order valence-electron chi connectivity index (χ1n) is 6.35. The normalized spacial score (nSPS) is 10.4. The van der Waals surface area contributed by atoms with Gasteiger partial charge in [0, 0.05) is 30.4 Å². The average Bonchev–Trinajstić information content (AvgIpc) is 2.48. The maximum absolute atomic E-state index is 11.9. The molecule has 2 heterocycles. The monoisotopic (exact) mass is 289 g/mol. The zero-order chi connectivity index (χ0) is 15.4. The van der Waals surface area contributed by atoms with Crippen LogP contribution in [0.3, 0.4) is 0 Å². The van der Waals surface area contributed by atoms with Crippen LogP contribution < -0.4 is 16.4 Å². The molecule has 110 valence electrons. The number of aromatic amines is 1. The van der Waals surface area contributed by atoms with Crippen LogP contribution in [0.5, 0.6) is 0 Å². The molecule has 0 saturated carbocycles. The SMILES string of the molecule is Cc1ncn(CCNC(=O)c2ccc(=O)[nH]n2)c(=O)c1C. The molecule has 0 saturated heterocycles. The number of amides is 1. The average molecular weight is 289 g/mol. The summed E-state index contributed by atoms with van der Waals surface area (Å²) >= 11 is 0. The standard InChI is InChI=1S/C13H15N5O3/c1-8-9(2)15-7-18(13(8)21)6-5-14-12(20)10-3-4-11(19)17-16-10/h3-4,7H,5-6H2,1-2H3,(H,14,20)(H,17,19). The number of H-pyrrole nitrogens is 1. The molecule has 1 amide bonds. The zero-order valence-electron chi connectivity index (χ0n) is 11.7. The van der Waals surface area contributed by atoms with Gasteiger partial charge >= 0.3 is 0 Å². The largest absolute Gasteiger partial charge is 0.349 e. The zero-order valence-corrected chi connectivity index (χ0v) is 11.7. The Morgan fingerprint density at radius 3 is 2.76 bits per heavy atom. The quantitative estimate of drug-likeness (QED) is 0.779. The Labute approximate surface area is 119 Å². The Morgan fingerprint density at radius 1 is 1.33 bits per heavy atom. The number of hydrogen-bond acceptors (Lipinski definition) is 5. The molecule has 0 radical (unpaired) electrons. The Balaban J connectivity index is 1.97. The first kappa shape index (κ1) is 14.6. The van der Waals surface area contributed by atoms with Crippen LogP contribution in [0, 0.1) is 13.8 Å². The highest BCUT2D eigenvalue weighted by Crippen LogP contribution is 1.94. The van der Waals surface area contributed by atoms with E-state index in [1.54, 1.807) is 13.8 Å². The van der Waals surface area contributed by atoms with E-state index in [0.29, 0.717) is 17.8 Å². The van der Waals surface area contributed by atoms with Gasteiger partial charge in [0.05, 0.1) is 6.33 Å². The Morgan fingerprint density at radius 2 is 2.10 bits per heavy atom. The second-order valence-electron chi connectivity index (χ2n) is 4.52. The van der Waals surface area contributed by atoms with Crippen molar-refractivity contribution in [1.29, 1.82) is 0 Å². The van der Waals surface area contributed by atoms with Crippen LogP contribution in [0.15, 0.2) is 28.0 Å². The molecular weight excluding hydrogens is 274 g/mol. The van der Waals surface area contributed by atoms with Gasteiger partial charge < -0.3 is 5.32 Å². The second-order valence-corrected chi connectivity index (χ2v) is 4.52. The lowest BCUT2D eigenvalue weighted by Gasteiger charge is -2.08. The van der Waals surface area contributed by atoms with Crippen molar-refractivity contribution in [1.82, 2.24) is 25.1 Å². The summed E-state index contributed by atoms with van der Waals surface area (Å²) in [6, 6.07) is 2.55. The van der Waals surface area contributed by atoms with Crippen LogP contribution in [0.4, 0.5) is 0 Å². The molecule has 2 aromatic rings. The van der Waals surface area contributed by atoms with Crippen molar-refractivity contribution in [3.05, 3.63) is 56.1 Å². The van der Waals surface area contributed by atoms with Gasteiger partial charge in [-0.15, -0.1) is 0 Å². The number of hydrogen-bond donors (Lipinski definition) is 2. The van der Waals surface area contributed by atoms with E-state index in [0.717, 1.165) is 0 Å². The molecule has 0 aliphatic carbocycles. The van der Waals surface area contributed by atoms with Gasteiger partial charge in [0.2, 0.25) is 0 Å². The molecule has 0 atom stereocenters. The number of aromatic nitrogens is 4. The van der Waals surface area contributed by atoms with Crippen LogP contribution in [-0.2, 0) is 6.54 Å². The van der Waals surface area contributed by atoms with E-state index >= 15 is 0 Å². The number of nitrogens with zero attached hydrogens (tertiary/aromatic N) is 3. The minimum absolute atomic E-state index is 0.111. The van der Waals surface area contributed by atoms with Gasteiger partial charge in [0.15, 0.2) is 0 Å². The van der Waals surface area contributed by atoms with Crippen LogP contribution in [0.2, 0.25) is 0 Å². The molecule has 21 heavy (non-hydrogen) atoms. The lowest BCUT2D eigenvalue weighted by atomic mass is 10.3. The first-order chi connectivity index (χ1) is 9.99. The van der Waals surface area contributed by atoms with Crippen molar-refractivity contribution in [3.8, 4) is 0 Å². The number of carbonyl (C=O) groups is 1. The molecule has 0 bridgehead atoms. The fourth-order valence-electron chi connectivity index (χ4n) is 1.69. The lowest BCUT2D eigenvalue weighted by molar-refractivity contribution is 0.0946. The highest BCUT2D eigenvalue weighted by Gasteiger charge is 2.07. The van der Waals surface area contributed by atoms with E-state index < -0.39 is 5.91 Å². The summed E-state index contributed by atoms with van der Waals surface area (Å²) < 4.78 is 1.43. The van der Waals surface area contributed by atoms with E-state index in [1.807, 2.05) is 0 Å². The van der Waals surface area contributed by atoms with Gasteiger partial charge in [-0.3, -0.25) is 19.0 Å². The fourth-order valence-corrected chi connectivity index (χ4v) is 1.69. The third-order valence-corrected chi connectivity index (χ3v) is 3.07. The van der Waals surface area contributed by atoms with E-state index in [-0.39, 0.29) is 23.4 Å². The number of rotatable bonds is 4. The predicted octanol–water partition coefficient (Wildman–Crippen LogP) is -0.627. The van der Waals surface area contributed by atoms with E-state index in [2.05, 4.69) is 20.5 Å². The van der Waals surface area contributed by atoms with Crippen LogP contribution in [-0.4, -0.2) is 32.2 Å². The third-order valence-electron chi connectivity index (χ3n) is 3.07. The summed E-state index contributed by atoms with van der Waals surface area (Å²) in [5.41, 5.74) is 0.891. The third kappa shape index (κ3) is 3.41. The number of aryl methyl sites for hydroxylation is 1. The summed E-state index contributed by atoms with van der Waals surface area (Å²) in [4.78, 5) is 38.6. The Kier molecular flexibility index (Phi) is 4.27. The molecule has 8 nitrogen and oxygen atoms in total. The minimum Gasteiger partial charge on any atom is -0.349 e. The highest BCUT2D eigenvalue weighted by molar-refractivity contribution is 5.91. The topological polar surface area (TPSA) is 110 Å². The smallest absolute Gasteiger partial charge is 0.271 e. The minimum atomic E-state index is -0.420. The molecular formula is C13H15N5O3. The fraction of sp³-hybridized carbons (Fsp3) is 0.308.